The molecule has 0 radical (unpaired) electrons. The lowest BCUT2D eigenvalue weighted by molar-refractivity contribution is 0.0629. The summed E-state index contributed by atoms with van der Waals surface area (Å²) in [6.07, 6.45) is 1.72. The van der Waals surface area contributed by atoms with Crippen LogP contribution in [-0.2, 0) is 9.47 Å². The van der Waals surface area contributed by atoms with Gasteiger partial charge in [-0.25, -0.2) is 9.67 Å². The molecule has 30 heavy (non-hydrogen) atoms. The van der Waals surface area contributed by atoms with Gasteiger partial charge in [0.1, 0.15) is 11.5 Å². The molecule has 0 atom stereocenters. The molecular formula is C22H30N4O4. The van der Waals surface area contributed by atoms with Crippen LogP contribution in [0.15, 0.2) is 22.7 Å². The van der Waals surface area contributed by atoms with Gasteiger partial charge in [0.15, 0.2) is 5.65 Å². The van der Waals surface area contributed by atoms with Gasteiger partial charge in [-0.1, -0.05) is 0 Å². The van der Waals surface area contributed by atoms with Crippen LogP contribution in [0.1, 0.15) is 41.8 Å². The lowest BCUT2D eigenvalue weighted by Gasteiger charge is -2.22. The van der Waals surface area contributed by atoms with E-state index in [1.54, 1.807) is 25.3 Å². The Hall–Kier alpha value is -2.71. The zero-order valence-corrected chi connectivity index (χ0v) is 18.6. The lowest BCUT2D eigenvalue weighted by Crippen LogP contribution is -2.36. The molecule has 0 bridgehead atoms. The highest BCUT2D eigenvalue weighted by Crippen LogP contribution is 2.30. The van der Waals surface area contributed by atoms with Crippen molar-refractivity contribution in [1.29, 1.82) is 0 Å². The molecule has 8 nitrogen and oxygen atoms in total. The smallest absolute Gasteiger partial charge is 0.254 e. The maximum atomic E-state index is 13.5. The first kappa shape index (κ1) is 22.0. The van der Waals surface area contributed by atoms with Crippen LogP contribution < -0.4 is 0 Å². The fourth-order valence-electron chi connectivity index (χ4n) is 3.48. The number of amides is 1. The summed E-state index contributed by atoms with van der Waals surface area (Å²) in [7, 11) is 3.25. The number of hydrogen-bond donors (Lipinski definition) is 0. The second-order valence-electron chi connectivity index (χ2n) is 7.58. The number of ether oxygens (including phenoxy) is 2. The molecule has 0 aliphatic carbocycles. The Morgan fingerprint density at radius 3 is 2.37 bits per heavy atom. The predicted molar refractivity (Wildman–Crippen MR) is 115 cm³/mol. The van der Waals surface area contributed by atoms with E-state index in [4.69, 9.17) is 18.9 Å². The Morgan fingerprint density at radius 2 is 1.83 bits per heavy atom. The number of pyridine rings is 1. The van der Waals surface area contributed by atoms with Crippen molar-refractivity contribution in [2.75, 3.05) is 40.5 Å². The van der Waals surface area contributed by atoms with Crippen LogP contribution in [0.2, 0.25) is 0 Å². The fraction of sp³-hybridized carbons (Fsp3) is 0.500. The first-order valence-corrected chi connectivity index (χ1v) is 10.1. The van der Waals surface area contributed by atoms with Gasteiger partial charge in [-0.3, -0.25) is 4.79 Å². The minimum Gasteiger partial charge on any atom is -0.466 e. The number of hydrogen-bond acceptors (Lipinski definition) is 6. The van der Waals surface area contributed by atoms with Crippen LogP contribution in [-0.4, -0.2) is 66.1 Å². The van der Waals surface area contributed by atoms with Crippen molar-refractivity contribution in [2.24, 2.45) is 0 Å². The fourth-order valence-corrected chi connectivity index (χ4v) is 3.48. The van der Waals surface area contributed by atoms with E-state index in [1.807, 2.05) is 44.5 Å². The minimum absolute atomic E-state index is 0.0982. The van der Waals surface area contributed by atoms with Crippen molar-refractivity contribution < 1.29 is 18.7 Å². The van der Waals surface area contributed by atoms with Crippen molar-refractivity contribution in [3.63, 3.8) is 0 Å². The van der Waals surface area contributed by atoms with Gasteiger partial charge in [0.05, 0.1) is 36.1 Å². The Balaban J connectivity index is 2.16. The van der Waals surface area contributed by atoms with Crippen LogP contribution in [0, 0.1) is 13.8 Å². The molecule has 0 aliphatic rings. The summed E-state index contributed by atoms with van der Waals surface area (Å²) in [4.78, 5) is 20.1. The topological polar surface area (TPSA) is 82.6 Å². The molecule has 3 heterocycles. The van der Waals surface area contributed by atoms with Crippen LogP contribution in [0.5, 0.6) is 0 Å². The number of aryl methyl sites for hydroxylation is 2. The zero-order chi connectivity index (χ0) is 21.8. The number of aromatic nitrogens is 3. The van der Waals surface area contributed by atoms with E-state index in [0.29, 0.717) is 43.2 Å². The quantitative estimate of drug-likeness (QED) is 0.532. The van der Waals surface area contributed by atoms with Gasteiger partial charge in [-0.2, -0.15) is 5.10 Å². The lowest BCUT2D eigenvalue weighted by atomic mass is 10.1. The van der Waals surface area contributed by atoms with E-state index in [0.717, 1.165) is 22.5 Å². The molecule has 0 fully saturated rings. The molecule has 3 aromatic rings. The highest BCUT2D eigenvalue weighted by molar-refractivity contribution is 6.06. The molecule has 0 N–H and O–H groups in total. The molecule has 0 aliphatic heterocycles. The Kier molecular flexibility index (Phi) is 6.89. The minimum atomic E-state index is -0.0982. The van der Waals surface area contributed by atoms with E-state index in [9.17, 15) is 4.79 Å². The number of rotatable bonds is 9. The first-order chi connectivity index (χ1) is 14.4. The predicted octanol–water partition coefficient (Wildman–Crippen LogP) is 3.62. The van der Waals surface area contributed by atoms with E-state index in [2.05, 4.69) is 5.10 Å². The van der Waals surface area contributed by atoms with Crippen molar-refractivity contribution in [1.82, 2.24) is 19.7 Å². The van der Waals surface area contributed by atoms with Gasteiger partial charge in [0.2, 0.25) is 0 Å². The van der Waals surface area contributed by atoms with E-state index < -0.39 is 0 Å². The van der Waals surface area contributed by atoms with Gasteiger partial charge >= 0.3 is 0 Å². The normalized spacial score (nSPS) is 11.6. The highest BCUT2D eigenvalue weighted by atomic mass is 16.5. The number of nitrogens with zero attached hydrogens (tertiary/aromatic N) is 4. The maximum absolute atomic E-state index is 13.5. The second kappa shape index (κ2) is 9.40. The molecule has 0 spiro atoms. The van der Waals surface area contributed by atoms with Crippen LogP contribution in [0.3, 0.4) is 0 Å². The number of carbonyl (C=O) groups excluding carboxylic acids is 1. The molecular weight excluding hydrogens is 384 g/mol. The first-order valence-electron chi connectivity index (χ1n) is 10.1. The third kappa shape index (κ3) is 4.39. The van der Waals surface area contributed by atoms with Gasteiger partial charge < -0.3 is 18.8 Å². The zero-order valence-electron chi connectivity index (χ0n) is 18.6. The van der Waals surface area contributed by atoms with Crippen LogP contribution in [0.4, 0.5) is 0 Å². The van der Waals surface area contributed by atoms with Crippen LogP contribution >= 0.6 is 0 Å². The third-order valence-electron chi connectivity index (χ3n) is 5.02. The Bertz CT molecular complexity index is 1010. The number of carbonyl (C=O) groups is 1. The molecule has 0 saturated carbocycles. The molecule has 0 aromatic carbocycles. The second-order valence-corrected chi connectivity index (χ2v) is 7.58. The molecule has 0 saturated heterocycles. The van der Waals surface area contributed by atoms with Gasteiger partial charge in [0.25, 0.3) is 5.91 Å². The van der Waals surface area contributed by atoms with Gasteiger partial charge in [-0.05, 0) is 39.8 Å². The highest BCUT2D eigenvalue weighted by Gasteiger charge is 2.23. The molecule has 0 unspecified atom stereocenters. The molecule has 3 aromatic heterocycles. The van der Waals surface area contributed by atoms with E-state index >= 15 is 0 Å². The molecule has 3 rings (SSSR count). The Morgan fingerprint density at radius 1 is 1.17 bits per heavy atom. The number of fused-ring (bicyclic) bond motifs is 1. The largest absolute Gasteiger partial charge is 0.466 e. The van der Waals surface area contributed by atoms with Crippen molar-refractivity contribution in [2.45, 2.75) is 33.7 Å². The summed E-state index contributed by atoms with van der Waals surface area (Å²) in [5.74, 6) is 1.47. The summed E-state index contributed by atoms with van der Waals surface area (Å²) < 4.78 is 17.9. The van der Waals surface area contributed by atoms with Crippen molar-refractivity contribution in [3.8, 4) is 11.3 Å². The summed E-state index contributed by atoms with van der Waals surface area (Å²) in [5.41, 5.74) is 2.82. The number of furan rings is 1. The summed E-state index contributed by atoms with van der Waals surface area (Å²) >= 11 is 0. The average molecular weight is 415 g/mol. The van der Waals surface area contributed by atoms with Gasteiger partial charge in [-0.15, -0.1) is 0 Å². The number of methoxy groups -OCH3 is 2. The van der Waals surface area contributed by atoms with E-state index in [-0.39, 0.29) is 11.9 Å². The van der Waals surface area contributed by atoms with Crippen LogP contribution in [0.25, 0.3) is 22.3 Å². The monoisotopic (exact) mass is 414 g/mol. The summed E-state index contributed by atoms with van der Waals surface area (Å²) in [5, 5.41) is 5.23. The standard InChI is InChI=1S/C22H30N4O4/c1-14(2)26-21-19(13-23-26)18(22(27)25(7-9-28-5)8-10-29-6)12-20(24-21)17-11-15(3)30-16(17)4/h11-14H,7-10H2,1-6H3. The summed E-state index contributed by atoms with van der Waals surface area (Å²) in [6.45, 7) is 9.72. The molecule has 1 amide bonds. The maximum Gasteiger partial charge on any atom is 0.254 e. The average Bonchev–Trinajstić information content (AvgIpc) is 3.29. The van der Waals surface area contributed by atoms with Crippen molar-refractivity contribution in [3.05, 3.63) is 35.4 Å². The summed E-state index contributed by atoms with van der Waals surface area (Å²) in [6, 6.07) is 3.89. The van der Waals surface area contributed by atoms with Gasteiger partial charge in [0, 0.05) is 38.9 Å². The molecule has 162 valence electrons. The molecule has 8 heteroatoms. The SMILES string of the molecule is COCCN(CCOC)C(=O)c1cc(-c2cc(C)oc2C)nc2c1cnn2C(C)C. The Labute approximate surface area is 176 Å². The van der Waals surface area contributed by atoms with Crippen molar-refractivity contribution >= 4 is 16.9 Å². The van der Waals surface area contributed by atoms with E-state index in [1.165, 1.54) is 0 Å². The third-order valence-corrected chi connectivity index (χ3v) is 5.02.